The molecule has 2 aromatic carbocycles. The Morgan fingerprint density at radius 1 is 1.05 bits per heavy atom. The summed E-state index contributed by atoms with van der Waals surface area (Å²) in [6.07, 6.45) is -4.46. The normalized spacial score (nSPS) is 11.8. The van der Waals surface area contributed by atoms with E-state index in [1.807, 2.05) is 6.07 Å². The van der Waals surface area contributed by atoms with Gasteiger partial charge in [-0.15, -0.1) is 4.91 Å². The lowest BCUT2D eigenvalue weighted by Crippen LogP contribution is -2.04. The number of rotatable bonds is 2. The van der Waals surface area contributed by atoms with Crippen LogP contribution in [0.4, 0.5) is 18.9 Å². The molecule has 0 saturated heterocycles. The minimum Gasteiger partial charge on any atom is -0.342 e. The third kappa shape index (κ3) is 2.16. The summed E-state index contributed by atoms with van der Waals surface area (Å²) >= 11 is 0. The van der Waals surface area contributed by atoms with E-state index >= 15 is 0 Å². The number of aromatic nitrogens is 1. The first kappa shape index (κ1) is 14.3. The number of nitroso groups, excluding NO2 is 1. The van der Waals surface area contributed by atoms with Crippen LogP contribution in [-0.2, 0) is 13.2 Å². The highest BCUT2D eigenvalue weighted by Gasteiger charge is 2.31. The van der Waals surface area contributed by atoms with Crippen molar-refractivity contribution in [1.29, 1.82) is 0 Å². The van der Waals surface area contributed by atoms with Crippen molar-refractivity contribution in [3.05, 3.63) is 59.0 Å². The van der Waals surface area contributed by atoms with E-state index in [1.54, 1.807) is 35.9 Å². The highest BCUT2D eigenvalue weighted by molar-refractivity contribution is 6.00. The van der Waals surface area contributed by atoms with Gasteiger partial charge in [0.2, 0.25) is 0 Å². The van der Waals surface area contributed by atoms with E-state index in [2.05, 4.69) is 5.18 Å². The zero-order valence-corrected chi connectivity index (χ0v) is 11.6. The Labute approximate surface area is 124 Å². The second-order valence-corrected chi connectivity index (χ2v) is 4.94. The lowest BCUT2D eigenvalue weighted by atomic mass is 10.1. The van der Waals surface area contributed by atoms with Crippen LogP contribution in [0.5, 0.6) is 0 Å². The van der Waals surface area contributed by atoms with Crippen LogP contribution in [0.3, 0.4) is 0 Å². The lowest BCUT2D eigenvalue weighted by Gasteiger charge is -2.06. The Kier molecular flexibility index (Phi) is 3.24. The molecule has 0 aliphatic heterocycles. The Bertz CT molecular complexity index is 851. The first-order chi connectivity index (χ1) is 10.4. The maximum Gasteiger partial charge on any atom is 0.416 e. The number of hydrogen-bond acceptors (Lipinski definition) is 2. The predicted molar refractivity (Wildman–Crippen MR) is 78.8 cm³/mol. The van der Waals surface area contributed by atoms with Crippen molar-refractivity contribution in [2.75, 3.05) is 0 Å². The third-order valence-electron chi connectivity index (χ3n) is 3.64. The molecule has 0 fully saturated rings. The van der Waals surface area contributed by atoms with Gasteiger partial charge in [0.1, 0.15) is 5.69 Å². The molecular weight excluding hydrogens is 293 g/mol. The smallest absolute Gasteiger partial charge is 0.342 e. The molecule has 0 saturated carbocycles. The first-order valence-corrected chi connectivity index (χ1v) is 6.52. The van der Waals surface area contributed by atoms with Crippen LogP contribution in [0.25, 0.3) is 22.2 Å². The number of halogens is 3. The summed E-state index contributed by atoms with van der Waals surface area (Å²) in [4.78, 5) is 11.2. The molecule has 3 rings (SSSR count). The summed E-state index contributed by atoms with van der Waals surface area (Å²) in [5.41, 5.74) is 0.987. The topological polar surface area (TPSA) is 34.4 Å². The van der Waals surface area contributed by atoms with Gasteiger partial charge < -0.3 is 4.57 Å². The number of hydrogen-bond donors (Lipinski definition) is 0. The van der Waals surface area contributed by atoms with Crippen molar-refractivity contribution >= 4 is 16.6 Å². The van der Waals surface area contributed by atoms with Gasteiger partial charge in [-0.3, -0.25) is 0 Å². The SMILES string of the molecule is Cn1c(-c2ccccc2)c(N=O)c2cc(C(F)(F)F)ccc21. The Morgan fingerprint density at radius 2 is 1.73 bits per heavy atom. The van der Waals surface area contributed by atoms with Crippen LogP contribution >= 0.6 is 0 Å². The highest BCUT2D eigenvalue weighted by Crippen LogP contribution is 2.41. The van der Waals surface area contributed by atoms with Gasteiger partial charge in [0.25, 0.3) is 0 Å². The molecule has 1 heterocycles. The quantitative estimate of drug-likeness (QED) is 0.594. The fraction of sp³-hybridized carbons (Fsp3) is 0.125. The van der Waals surface area contributed by atoms with Crippen molar-refractivity contribution in [3.8, 4) is 11.3 Å². The van der Waals surface area contributed by atoms with Gasteiger partial charge in [-0.2, -0.15) is 13.2 Å². The van der Waals surface area contributed by atoms with E-state index in [1.165, 1.54) is 6.07 Å². The monoisotopic (exact) mass is 304 g/mol. The second kappa shape index (κ2) is 4.98. The molecular formula is C16H11F3N2O. The Balaban J connectivity index is 2.35. The van der Waals surface area contributed by atoms with E-state index in [4.69, 9.17) is 0 Å². The molecule has 0 spiro atoms. The van der Waals surface area contributed by atoms with Crippen molar-refractivity contribution in [1.82, 2.24) is 4.57 Å². The zero-order chi connectivity index (χ0) is 15.9. The number of benzene rings is 2. The molecule has 0 amide bonds. The molecule has 1 aromatic heterocycles. The van der Waals surface area contributed by atoms with Crippen LogP contribution in [0.15, 0.2) is 53.7 Å². The van der Waals surface area contributed by atoms with Crippen molar-refractivity contribution in [2.45, 2.75) is 6.18 Å². The standard InChI is InChI=1S/C16H11F3N2O/c1-21-13-8-7-11(16(17,18)19)9-12(13)14(20-22)15(21)10-5-3-2-4-6-10/h2-9H,1H3. The average Bonchev–Trinajstić information content (AvgIpc) is 2.79. The molecule has 22 heavy (non-hydrogen) atoms. The Hall–Kier alpha value is -2.63. The van der Waals surface area contributed by atoms with E-state index in [-0.39, 0.29) is 11.1 Å². The molecule has 3 nitrogen and oxygen atoms in total. The van der Waals surface area contributed by atoms with E-state index < -0.39 is 11.7 Å². The number of aryl methyl sites for hydroxylation is 1. The predicted octanol–water partition coefficient (Wildman–Crippen LogP) is 5.26. The maximum atomic E-state index is 12.9. The molecule has 0 aliphatic carbocycles. The zero-order valence-electron chi connectivity index (χ0n) is 11.6. The van der Waals surface area contributed by atoms with Crippen LogP contribution < -0.4 is 0 Å². The minimum absolute atomic E-state index is 0.0230. The molecule has 3 aromatic rings. The highest BCUT2D eigenvalue weighted by atomic mass is 19.4. The van der Waals surface area contributed by atoms with E-state index in [0.717, 1.165) is 17.7 Å². The van der Waals surface area contributed by atoms with Crippen LogP contribution in [0, 0.1) is 4.91 Å². The third-order valence-corrected chi connectivity index (χ3v) is 3.64. The first-order valence-electron chi connectivity index (χ1n) is 6.52. The molecule has 0 radical (unpaired) electrons. The van der Waals surface area contributed by atoms with Crippen LogP contribution in [0.1, 0.15) is 5.56 Å². The van der Waals surface area contributed by atoms with Crippen molar-refractivity contribution < 1.29 is 13.2 Å². The molecule has 0 unspecified atom stereocenters. The molecule has 112 valence electrons. The Morgan fingerprint density at radius 3 is 2.32 bits per heavy atom. The molecule has 0 N–H and O–H groups in total. The van der Waals surface area contributed by atoms with Crippen molar-refractivity contribution in [3.63, 3.8) is 0 Å². The number of fused-ring (bicyclic) bond motifs is 1. The summed E-state index contributed by atoms with van der Waals surface area (Å²) in [6.45, 7) is 0. The summed E-state index contributed by atoms with van der Waals surface area (Å²) < 4.78 is 40.3. The van der Waals surface area contributed by atoms with Crippen LogP contribution in [-0.4, -0.2) is 4.57 Å². The van der Waals surface area contributed by atoms with E-state index in [9.17, 15) is 18.1 Å². The van der Waals surface area contributed by atoms with Gasteiger partial charge >= 0.3 is 6.18 Å². The molecule has 0 aliphatic rings. The molecule has 6 heteroatoms. The van der Waals surface area contributed by atoms with Crippen LogP contribution in [0.2, 0.25) is 0 Å². The summed E-state index contributed by atoms with van der Waals surface area (Å²) in [5.74, 6) is 0. The summed E-state index contributed by atoms with van der Waals surface area (Å²) in [6, 6.07) is 12.3. The fourth-order valence-corrected chi connectivity index (χ4v) is 2.62. The summed E-state index contributed by atoms with van der Waals surface area (Å²) in [5, 5.41) is 3.18. The largest absolute Gasteiger partial charge is 0.416 e. The summed E-state index contributed by atoms with van der Waals surface area (Å²) in [7, 11) is 1.70. The van der Waals surface area contributed by atoms with Gasteiger partial charge in [-0.05, 0) is 23.4 Å². The van der Waals surface area contributed by atoms with Gasteiger partial charge in [0.05, 0.1) is 16.8 Å². The average molecular weight is 304 g/mol. The maximum absolute atomic E-state index is 12.9. The van der Waals surface area contributed by atoms with Gasteiger partial charge in [0, 0.05) is 18.0 Å². The minimum atomic E-state index is -4.46. The van der Waals surface area contributed by atoms with Gasteiger partial charge in [-0.1, -0.05) is 30.3 Å². The van der Waals surface area contributed by atoms with Gasteiger partial charge in [0.15, 0.2) is 0 Å². The molecule has 0 atom stereocenters. The second-order valence-electron chi connectivity index (χ2n) is 4.94. The number of nitrogens with zero attached hydrogens (tertiary/aromatic N) is 2. The number of alkyl halides is 3. The molecule has 0 bridgehead atoms. The van der Waals surface area contributed by atoms with Gasteiger partial charge in [-0.25, -0.2) is 0 Å². The lowest BCUT2D eigenvalue weighted by molar-refractivity contribution is -0.137. The van der Waals surface area contributed by atoms with E-state index in [0.29, 0.717) is 11.2 Å². The van der Waals surface area contributed by atoms with Crippen molar-refractivity contribution in [2.24, 2.45) is 12.2 Å². The fourth-order valence-electron chi connectivity index (χ4n) is 2.62.